The molecule has 0 saturated carbocycles. The van der Waals surface area contributed by atoms with Crippen LogP contribution in [0.2, 0.25) is 0 Å². The van der Waals surface area contributed by atoms with Gasteiger partial charge in [-0.1, -0.05) is 48.5 Å². The molecule has 0 saturated heterocycles. The molecular weight excluding hydrogens is 493 g/mol. The Morgan fingerprint density at radius 1 is 1.07 bits per heavy atom. The molecule has 2 amide bonds. The Bertz CT molecular complexity index is 873. The molecule has 1 unspecified atom stereocenters. The van der Waals surface area contributed by atoms with Crippen LogP contribution in [-0.4, -0.2) is 44.5 Å². The zero-order chi connectivity index (χ0) is 20.5. The summed E-state index contributed by atoms with van der Waals surface area (Å²) in [5.41, 5.74) is 3.15. The highest BCUT2D eigenvalue weighted by Crippen LogP contribution is 2.31. The van der Waals surface area contributed by atoms with E-state index in [9.17, 15) is 9.59 Å². The van der Waals surface area contributed by atoms with Crippen molar-refractivity contribution < 1.29 is 9.59 Å². The fourth-order valence-corrected chi connectivity index (χ4v) is 3.34. The summed E-state index contributed by atoms with van der Waals surface area (Å²) in [7, 11) is 1.66. The number of guanidine groups is 1. The summed E-state index contributed by atoms with van der Waals surface area (Å²) < 4.78 is 0. The lowest BCUT2D eigenvalue weighted by Crippen LogP contribution is -2.45. The van der Waals surface area contributed by atoms with Crippen molar-refractivity contribution in [3.05, 3.63) is 65.7 Å². The van der Waals surface area contributed by atoms with E-state index >= 15 is 0 Å². The third kappa shape index (κ3) is 7.01. The molecule has 0 radical (unpaired) electrons. The number of para-hydroxylation sites is 1. The van der Waals surface area contributed by atoms with Crippen LogP contribution in [0.1, 0.15) is 23.5 Å². The van der Waals surface area contributed by atoms with E-state index in [2.05, 4.69) is 26.3 Å². The number of carbonyl (C=O) groups excluding carboxylic acids is 2. The number of aliphatic imine (C=N–C) groups is 1. The van der Waals surface area contributed by atoms with E-state index < -0.39 is 0 Å². The van der Waals surface area contributed by atoms with E-state index in [-0.39, 0.29) is 48.3 Å². The molecule has 1 heterocycles. The molecule has 160 valence electrons. The molecule has 3 rings (SSSR count). The third-order valence-electron chi connectivity index (χ3n) is 4.84. The van der Waals surface area contributed by atoms with E-state index in [0.717, 1.165) is 17.7 Å². The Kier molecular flexibility index (Phi) is 9.59. The Hall–Kier alpha value is -2.62. The summed E-state index contributed by atoms with van der Waals surface area (Å²) in [5.74, 6) is 0.507. The standard InChI is InChI=1S/C22H27N5O2.HI/c1-23-22(26-15-21(29)24-12-11-16-7-3-2-4-8-16)25-14-17-13-20(28)27-19-10-6-5-9-18(17)19;/h2-10,17H,11-15H2,1H3,(H,24,29)(H,27,28)(H2,23,25,26);1H. The van der Waals surface area contributed by atoms with Crippen LogP contribution in [0.15, 0.2) is 59.6 Å². The second kappa shape index (κ2) is 12.2. The van der Waals surface area contributed by atoms with Crippen molar-refractivity contribution in [2.45, 2.75) is 18.8 Å². The number of benzene rings is 2. The largest absolute Gasteiger partial charge is 0.356 e. The Morgan fingerprint density at radius 2 is 1.80 bits per heavy atom. The van der Waals surface area contributed by atoms with Crippen LogP contribution in [0.5, 0.6) is 0 Å². The molecule has 0 fully saturated rings. The number of hydrogen-bond donors (Lipinski definition) is 4. The van der Waals surface area contributed by atoms with E-state index in [4.69, 9.17) is 0 Å². The molecule has 0 spiro atoms. The number of hydrogen-bond acceptors (Lipinski definition) is 3. The van der Waals surface area contributed by atoms with Gasteiger partial charge in [0.25, 0.3) is 0 Å². The lowest BCUT2D eigenvalue weighted by Gasteiger charge is -2.26. The third-order valence-corrected chi connectivity index (χ3v) is 4.84. The maximum absolute atomic E-state index is 12.1. The number of carbonyl (C=O) groups is 2. The van der Waals surface area contributed by atoms with E-state index in [0.29, 0.717) is 25.5 Å². The fraction of sp³-hybridized carbons (Fsp3) is 0.318. The Labute approximate surface area is 194 Å². The van der Waals surface area contributed by atoms with Gasteiger partial charge in [-0.05, 0) is 23.6 Å². The monoisotopic (exact) mass is 521 g/mol. The van der Waals surface area contributed by atoms with Gasteiger partial charge in [-0.15, -0.1) is 24.0 Å². The molecule has 30 heavy (non-hydrogen) atoms. The van der Waals surface area contributed by atoms with Gasteiger partial charge in [0.1, 0.15) is 0 Å². The van der Waals surface area contributed by atoms with E-state index in [1.54, 1.807) is 7.05 Å². The molecule has 2 aromatic carbocycles. The van der Waals surface area contributed by atoms with Crippen LogP contribution in [0, 0.1) is 0 Å². The number of rotatable bonds is 7. The Balaban J connectivity index is 0.00000320. The summed E-state index contributed by atoms with van der Waals surface area (Å²) >= 11 is 0. The molecule has 7 nitrogen and oxygen atoms in total. The lowest BCUT2D eigenvalue weighted by molar-refractivity contribution is -0.120. The first-order chi connectivity index (χ1) is 14.2. The second-order valence-corrected chi connectivity index (χ2v) is 6.93. The Morgan fingerprint density at radius 3 is 2.57 bits per heavy atom. The maximum atomic E-state index is 12.1. The molecule has 2 aromatic rings. The number of fused-ring (bicyclic) bond motifs is 1. The van der Waals surface area contributed by atoms with Gasteiger partial charge < -0.3 is 21.3 Å². The average molecular weight is 521 g/mol. The number of halogens is 1. The molecule has 1 aliphatic rings. The quantitative estimate of drug-likeness (QED) is 0.256. The number of amides is 2. The minimum atomic E-state index is -0.0914. The van der Waals surface area contributed by atoms with Gasteiger partial charge >= 0.3 is 0 Å². The highest BCUT2D eigenvalue weighted by Gasteiger charge is 2.24. The van der Waals surface area contributed by atoms with Crippen molar-refractivity contribution in [2.24, 2.45) is 4.99 Å². The van der Waals surface area contributed by atoms with Crippen molar-refractivity contribution in [3.63, 3.8) is 0 Å². The van der Waals surface area contributed by atoms with Crippen molar-refractivity contribution in [1.82, 2.24) is 16.0 Å². The van der Waals surface area contributed by atoms with Gasteiger partial charge in [-0.25, -0.2) is 0 Å². The lowest BCUT2D eigenvalue weighted by atomic mass is 9.90. The van der Waals surface area contributed by atoms with Gasteiger partial charge in [-0.2, -0.15) is 0 Å². The molecule has 1 aliphatic heterocycles. The smallest absolute Gasteiger partial charge is 0.239 e. The number of anilines is 1. The number of nitrogens with zero attached hydrogens (tertiary/aromatic N) is 1. The van der Waals surface area contributed by atoms with Crippen LogP contribution in [0.4, 0.5) is 5.69 Å². The zero-order valence-electron chi connectivity index (χ0n) is 17.0. The van der Waals surface area contributed by atoms with Gasteiger partial charge in [0, 0.05) is 38.2 Å². The summed E-state index contributed by atoms with van der Waals surface area (Å²) in [6.07, 6.45) is 1.21. The van der Waals surface area contributed by atoms with Gasteiger partial charge in [0.05, 0.1) is 6.54 Å². The minimum Gasteiger partial charge on any atom is -0.356 e. The van der Waals surface area contributed by atoms with Crippen molar-refractivity contribution in [3.8, 4) is 0 Å². The van der Waals surface area contributed by atoms with Crippen molar-refractivity contribution >= 4 is 47.4 Å². The van der Waals surface area contributed by atoms with Gasteiger partial charge in [0.15, 0.2) is 5.96 Å². The van der Waals surface area contributed by atoms with Crippen LogP contribution in [0.25, 0.3) is 0 Å². The van der Waals surface area contributed by atoms with E-state index in [1.807, 2.05) is 54.6 Å². The van der Waals surface area contributed by atoms with Gasteiger partial charge in [0.2, 0.25) is 11.8 Å². The minimum absolute atomic E-state index is 0. The molecule has 0 aliphatic carbocycles. The van der Waals surface area contributed by atoms with E-state index in [1.165, 1.54) is 5.56 Å². The predicted octanol–water partition coefficient (Wildman–Crippen LogP) is 2.25. The normalized spacial score (nSPS) is 15.3. The summed E-state index contributed by atoms with van der Waals surface area (Å²) in [4.78, 5) is 28.1. The van der Waals surface area contributed by atoms with Gasteiger partial charge in [-0.3, -0.25) is 14.6 Å². The highest BCUT2D eigenvalue weighted by molar-refractivity contribution is 14.0. The van der Waals surface area contributed by atoms with Crippen molar-refractivity contribution in [1.29, 1.82) is 0 Å². The predicted molar refractivity (Wildman–Crippen MR) is 130 cm³/mol. The van der Waals surface area contributed by atoms with Crippen LogP contribution in [0.3, 0.4) is 0 Å². The topological polar surface area (TPSA) is 94.6 Å². The fourth-order valence-electron chi connectivity index (χ4n) is 3.34. The zero-order valence-corrected chi connectivity index (χ0v) is 19.3. The van der Waals surface area contributed by atoms with Crippen LogP contribution >= 0.6 is 24.0 Å². The van der Waals surface area contributed by atoms with Crippen molar-refractivity contribution in [2.75, 3.05) is 32.0 Å². The molecule has 8 heteroatoms. The SMILES string of the molecule is CN=C(NCC(=O)NCCc1ccccc1)NCC1CC(=O)Nc2ccccc21.I. The maximum Gasteiger partial charge on any atom is 0.239 e. The average Bonchev–Trinajstić information content (AvgIpc) is 2.74. The highest BCUT2D eigenvalue weighted by atomic mass is 127. The summed E-state index contributed by atoms with van der Waals surface area (Å²) in [6, 6.07) is 17.8. The molecular formula is C22H28IN5O2. The first-order valence-electron chi connectivity index (χ1n) is 9.79. The summed E-state index contributed by atoms with van der Waals surface area (Å²) in [5, 5.41) is 12.0. The molecule has 0 aromatic heterocycles. The molecule has 0 bridgehead atoms. The first-order valence-corrected chi connectivity index (χ1v) is 9.79. The van der Waals surface area contributed by atoms with Crippen LogP contribution in [-0.2, 0) is 16.0 Å². The molecule has 1 atom stereocenters. The first kappa shape index (κ1) is 23.7. The number of nitrogens with one attached hydrogen (secondary N) is 4. The molecule has 4 N–H and O–H groups in total. The summed E-state index contributed by atoms with van der Waals surface area (Å²) in [6.45, 7) is 1.28. The second-order valence-electron chi connectivity index (χ2n) is 6.93. The van der Waals surface area contributed by atoms with Crippen LogP contribution < -0.4 is 21.3 Å².